The normalized spacial score (nSPS) is 12.5. The fourth-order valence-electron chi connectivity index (χ4n) is 0.910. The van der Waals surface area contributed by atoms with Gasteiger partial charge in [0.2, 0.25) is 0 Å². The molecule has 0 amide bonds. The Morgan fingerprint density at radius 1 is 1.54 bits per heavy atom. The van der Waals surface area contributed by atoms with Gasteiger partial charge >= 0.3 is 0 Å². The summed E-state index contributed by atoms with van der Waals surface area (Å²) >= 11 is 5.92. The van der Waals surface area contributed by atoms with Gasteiger partial charge in [-0.15, -0.1) is 0 Å². The third-order valence-electron chi connectivity index (χ3n) is 1.86. The van der Waals surface area contributed by atoms with Gasteiger partial charge < -0.3 is 10.5 Å². The molecule has 1 unspecified atom stereocenters. The van der Waals surface area contributed by atoms with Crippen LogP contribution in [0.4, 0.5) is 5.69 Å². The first-order valence-corrected chi connectivity index (χ1v) is 4.73. The van der Waals surface area contributed by atoms with Crippen LogP contribution < -0.4 is 10.5 Å². The second kappa shape index (κ2) is 4.38. The quantitative estimate of drug-likeness (QED) is 0.760. The number of anilines is 1. The van der Waals surface area contributed by atoms with E-state index in [-0.39, 0.29) is 6.10 Å². The standard InChI is InChI=1S/C10H14ClNO/c1-3-7(2)13-10-6-8(12)4-5-9(10)11/h4-7H,3,12H2,1-2H3. The predicted octanol–water partition coefficient (Wildman–Crippen LogP) is 3.10. The van der Waals surface area contributed by atoms with E-state index in [0.29, 0.717) is 16.5 Å². The second-order valence-corrected chi connectivity index (χ2v) is 3.43. The Bertz CT molecular complexity index is 288. The number of nitrogens with two attached hydrogens (primary N) is 1. The monoisotopic (exact) mass is 199 g/mol. The zero-order chi connectivity index (χ0) is 9.84. The van der Waals surface area contributed by atoms with E-state index in [1.807, 2.05) is 6.92 Å². The molecule has 0 spiro atoms. The van der Waals surface area contributed by atoms with Gasteiger partial charge in [-0.05, 0) is 25.5 Å². The number of hydrogen-bond donors (Lipinski definition) is 1. The Balaban J connectivity index is 2.81. The molecule has 0 saturated carbocycles. The lowest BCUT2D eigenvalue weighted by Crippen LogP contribution is -2.10. The van der Waals surface area contributed by atoms with E-state index in [1.54, 1.807) is 18.2 Å². The van der Waals surface area contributed by atoms with Crippen LogP contribution in [0.5, 0.6) is 5.75 Å². The molecule has 0 bridgehead atoms. The number of rotatable bonds is 3. The highest BCUT2D eigenvalue weighted by atomic mass is 35.5. The summed E-state index contributed by atoms with van der Waals surface area (Å²) < 4.78 is 5.56. The van der Waals surface area contributed by atoms with Crippen molar-refractivity contribution in [2.75, 3.05) is 5.73 Å². The van der Waals surface area contributed by atoms with Gasteiger partial charge in [-0.1, -0.05) is 18.5 Å². The van der Waals surface area contributed by atoms with Crippen molar-refractivity contribution in [2.24, 2.45) is 0 Å². The number of ether oxygens (including phenoxy) is 1. The smallest absolute Gasteiger partial charge is 0.140 e. The molecule has 0 aliphatic rings. The van der Waals surface area contributed by atoms with Crippen LogP contribution in [0.15, 0.2) is 18.2 Å². The van der Waals surface area contributed by atoms with Crippen LogP contribution in [0.2, 0.25) is 5.02 Å². The lowest BCUT2D eigenvalue weighted by atomic mass is 10.3. The maximum atomic E-state index is 5.92. The molecule has 3 heteroatoms. The lowest BCUT2D eigenvalue weighted by Gasteiger charge is -2.13. The zero-order valence-electron chi connectivity index (χ0n) is 7.88. The first-order valence-electron chi connectivity index (χ1n) is 4.35. The van der Waals surface area contributed by atoms with Crippen molar-refractivity contribution in [3.05, 3.63) is 23.2 Å². The minimum Gasteiger partial charge on any atom is -0.489 e. The van der Waals surface area contributed by atoms with Gasteiger partial charge in [0.15, 0.2) is 0 Å². The summed E-state index contributed by atoms with van der Waals surface area (Å²) in [4.78, 5) is 0. The molecular formula is C10H14ClNO. The summed E-state index contributed by atoms with van der Waals surface area (Å²) in [7, 11) is 0. The van der Waals surface area contributed by atoms with Gasteiger partial charge in [-0.3, -0.25) is 0 Å². The lowest BCUT2D eigenvalue weighted by molar-refractivity contribution is 0.217. The molecule has 2 nitrogen and oxygen atoms in total. The summed E-state index contributed by atoms with van der Waals surface area (Å²) in [6.07, 6.45) is 1.12. The number of halogens is 1. The van der Waals surface area contributed by atoms with E-state index in [2.05, 4.69) is 6.92 Å². The van der Waals surface area contributed by atoms with Crippen LogP contribution in [0, 0.1) is 0 Å². The Kier molecular flexibility index (Phi) is 3.43. The third kappa shape index (κ3) is 2.81. The summed E-state index contributed by atoms with van der Waals surface area (Å²) in [6, 6.07) is 5.24. The Hall–Kier alpha value is -0.890. The van der Waals surface area contributed by atoms with Gasteiger partial charge in [-0.25, -0.2) is 0 Å². The Morgan fingerprint density at radius 2 is 2.23 bits per heavy atom. The second-order valence-electron chi connectivity index (χ2n) is 3.03. The highest BCUT2D eigenvalue weighted by Gasteiger charge is 2.05. The number of hydrogen-bond acceptors (Lipinski definition) is 2. The summed E-state index contributed by atoms with van der Waals surface area (Å²) in [5.41, 5.74) is 6.28. The average molecular weight is 200 g/mol. The minimum atomic E-state index is 0.166. The van der Waals surface area contributed by atoms with Gasteiger partial charge in [0.1, 0.15) is 5.75 Å². The molecule has 0 aliphatic heterocycles. The molecule has 0 radical (unpaired) electrons. The van der Waals surface area contributed by atoms with Crippen molar-refractivity contribution in [3.63, 3.8) is 0 Å². The Morgan fingerprint density at radius 3 is 2.85 bits per heavy atom. The van der Waals surface area contributed by atoms with E-state index in [0.717, 1.165) is 6.42 Å². The summed E-state index contributed by atoms with van der Waals surface area (Å²) in [5.74, 6) is 0.663. The SMILES string of the molecule is CCC(C)Oc1cc(N)ccc1Cl. The van der Waals surface area contributed by atoms with Crippen LogP contribution in [0.1, 0.15) is 20.3 Å². The first kappa shape index (κ1) is 10.2. The maximum absolute atomic E-state index is 5.92. The molecule has 0 saturated heterocycles. The van der Waals surface area contributed by atoms with E-state index in [9.17, 15) is 0 Å². The summed E-state index contributed by atoms with van der Waals surface area (Å²) in [6.45, 7) is 4.06. The molecule has 1 atom stereocenters. The molecule has 72 valence electrons. The van der Waals surface area contributed by atoms with Crippen LogP contribution in [-0.4, -0.2) is 6.10 Å². The van der Waals surface area contributed by atoms with E-state index >= 15 is 0 Å². The van der Waals surface area contributed by atoms with Crippen molar-refractivity contribution < 1.29 is 4.74 Å². The van der Waals surface area contributed by atoms with Crippen molar-refractivity contribution >= 4 is 17.3 Å². The largest absolute Gasteiger partial charge is 0.489 e. The summed E-state index contributed by atoms with van der Waals surface area (Å²) in [5, 5.41) is 0.606. The van der Waals surface area contributed by atoms with E-state index < -0.39 is 0 Å². The minimum absolute atomic E-state index is 0.166. The fraction of sp³-hybridized carbons (Fsp3) is 0.400. The molecule has 0 aliphatic carbocycles. The van der Waals surface area contributed by atoms with Crippen molar-refractivity contribution in [1.82, 2.24) is 0 Å². The van der Waals surface area contributed by atoms with Crippen LogP contribution in [-0.2, 0) is 0 Å². The number of nitrogen functional groups attached to an aromatic ring is 1. The van der Waals surface area contributed by atoms with Crippen molar-refractivity contribution in [2.45, 2.75) is 26.4 Å². The van der Waals surface area contributed by atoms with Crippen molar-refractivity contribution in [1.29, 1.82) is 0 Å². The highest BCUT2D eigenvalue weighted by Crippen LogP contribution is 2.27. The van der Waals surface area contributed by atoms with Crippen LogP contribution in [0.3, 0.4) is 0 Å². The molecule has 2 N–H and O–H groups in total. The third-order valence-corrected chi connectivity index (χ3v) is 2.17. The Labute approximate surface area is 83.6 Å². The van der Waals surface area contributed by atoms with Crippen molar-refractivity contribution in [3.8, 4) is 5.75 Å². The molecule has 13 heavy (non-hydrogen) atoms. The highest BCUT2D eigenvalue weighted by molar-refractivity contribution is 6.32. The molecule has 0 heterocycles. The molecule has 1 aromatic rings. The molecule has 0 aromatic heterocycles. The topological polar surface area (TPSA) is 35.2 Å². The maximum Gasteiger partial charge on any atom is 0.140 e. The van der Waals surface area contributed by atoms with E-state index in [1.165, 1.54) is 0 Å². The molecular weight excluding hydrogens is 186 g/mol. The predicted molar refractivity (Wildman–Crippen MR) is 56.2 cm³/mol. The molecule has 1 aromatic carbocycles. The molecule has 0 fully saturated rings. The van der Waals surface area contributed by atoms with Gasteiger partial charge in [0, 0.05) is 11.8 Å². The van der Waals surface area contributed by atoms with Crippen LogP contribution in [0.25, 0.3) is 0 Å². The van der Waals surface area contributed by atoms with Gasteiger partial charge in [0.25, 0.3) is 0 Å². The number of benzene rings is 1. The zero-order valence-corrected chi connectivity index (χ0v) is 8.64. The fourth-order valence-corrected chi connectivity index (χ4v) is 1.07. The molecule has 1 rings (SSSR count). The van der Waals surface area contributed by atoms with E-state index in [4.69, 9.17) is 22.1 Å². The first-order chi connectivity index (χ1) is 6.13. The average Bonchev–Trinajstić information content (AvgIpc) is 2.11. The van der Waals surface area contributed by atoms with Crippen LogP contribution >= 0.6 is 11.6 Å². The van der Waals surface area contributed by atoms with Gasteiger partial charge in [-0.2, -0.15) is 0 Å². The van der Waals surface area contributed by atoms with Gasteiger partial charge in [0.05, 0.1) is 11.1 Å².